The molecule has 0 amide bonds. The van der Waals surface area contributed by atoms with Gasteiger partial charge in [0.05, 0.1) is 5.69 Å². The summed E-state index contributed by atoms with van der Waals surface area (Å²) in [5.74, 6) is 2.22. The molecule has 1 aromatic heterocycles. The fraction of sp³-hybridized carbons (Fsp3) is 0.545. The summed E-state index contributed by atoms with van der Waals surface area (Å²) in [6.45, 7) is 3.12. The van der Waals surface area contributed by atoms with Crippen LogP contribution in [0.25, 0.3) is 0 Å². The van der Waals surface area contributed by atoms with Crippen molar-refractivity contribution in [3.05, 3.63) is 18.3 Å². The van der Waals surface area contributed by atoms with Crippen LogP contribution in [-0.4, -0.2) is 56.0 Å². The van der Waals surface area contributed by atoms with Gasteiger partial charge in [-0.2, -0.15) is 11.8 Å². The Morgan fingerprint density at radius 3 is 2.84 bits per heavy atom. The van der Waals surface area contributed by atoms with Crippen molar-refractivity contribution in [3.8, 4) is 0 Å². The van der Waals surface area contributed by atoms with Crippen LogP contribution in [0.15, 0.2) is 23.4 Å². The van der Waals surface area contributed by atoms with E-state index in [1.165, 1.54) is 12.3 Å². The molecule has 1 aliphatic rings. The van der Waals surface area contributed by atoms with E-state index in [1.807, 2.05) is 11.8 Å². The van der Waals surface area contributed by atoms with Crippen LogP contribution in [0.2, 0.25) is 0 Å². The second-order valence-corrected chi connectivity index (χ2v) is 7.16. The number of aromatic nitrogens is 1. The van der Waals surface area contributed by atoms with Crippen LogP contribution >= 0.6 is 11.8 Å². The van der Waals surface area contributed by atoms with Crippen molar-refractivity contribution in [2.45, 2.75) is 5.03 Å². The Labute approximate surface area is 117 Å². The van der Waals surface area contributed by atoms with E-state index >= 15 is 0 Å². The number of nitrogens with one attached hydrogen (secondary N) is 1. The van der Waals surface area contributed by atoms with Gasteiger partial charge >= 0.3 is 0 Å². The van der Waals surface area contributed by atoms with Crippen molar-refractivity contribution < 1.29 is 8.42 Å². The lowest BCUT2D eigenvalue weighted by molar-refractivity contribution is 0.307. The van der Waals surface area contributed by atoms with E-state index in [0.29, 0.717) is 13.1 Å². The standard InChI is InChI=1S/C11H18N4O2S2/c12-10-2-1-3-13-11(10)19(16,17)14-4-5-15-6-8-18-9-7-15/h1-3,14H,4-9,12H2. The lowest BCUT2D eigenvalue weighted by atomic mass is 10.4. The first kappa shape index (κ1) is 14.6. The summed E-state index contributed by atoms with van der Waals surface area (Å²) in [7, 11) is -3.61. The molecular formula is C11H18N4O2S2. The average Bonchev–Trinajstić information content (AvgIpc) is 2.40. The molecule has 0 spiro atoms. The van der Waals surface area contributed by atoms with E-state index < -0.39 is 10.0 Å². The SMILES string of the molecule is Nc1cccnc1S(=O)(=O)NCCN1CCSCC1. The number of pyridine rings is 1. The van der Waals surface area contributed by atoms with E-state index in [4.69, 9.17) is 5.73 Å². The fourth-order valence-electron chi connectivity index (χ4n) is 1.86. The van der Waals surface area contributed by atoms with E-state index in [1.54, 1.807) is 6.07 Å². The topological polar surface area (TPSA) is 88.3 Å². The number of hydrogen-bond acceptors (Lipinski definition) is 6. The number of sulfonamides is 1. The van der Waals surface area contributed by atoms with Crippen LogP contribution in [0, 0.1) is 0 Å². The minimum Gasteiger partial charge on any atom is -0.396 e. The van der Waals surface area contributed by atoms with Crippen molar-refractivity contribution in [2.24, 2.45) is 0 Å². The average molecular weight is 302 g/mol. The van der Waals surface area contributed by atoms with Crippen LogP contribution in [0.4, 0.5) is 5.69 Å². The van der Waals surface area contributed by atoms with Crippen LogP contribution in [0.3, 0.4) is 0 Å². The highest BCUT2D eigenvalue weighted by atomic mass is 32.2. The molecule has 1 saturated heterocycles. The number of nitrogen functional groups attached to an aromatic ring is 1. The minimum atomic E-state index is -3.61. The molecular weight excluding hydrogens is 284 g/mol. The third-order valence-electron chi connectivity index (χ3n) is 2.88. The molecule has 6 nitrogen and oxygen atoms in total. The van der Waals surface area contributed by atoms with Crippen LogP contribution in [0.1, 0.15) is 0 Å². The number of nitrogens with two attached hydrogens (primary N) is 1. The molecule has 2 rings (SSSR count). The van der Waals surface area contributed by atoms with E-state index in [9.17, 15) is 8.42 Å². The summed E-state index contributed by atoms with van der Waals surface area (Å²) < 4.78 is 26.6. The van der Waals surface area contributed by atoms with Gasteiger partial charge in [0.25, 0.3) is 10.0 Å². The second-order valence-electron chi connectivity index (χ2n) is 4.25. The van der Waals surface area contributed by atoms with Gasteiger partial charge in [-0.25, -0.2) is 18.1 Å². The molecule has 0 radical (unpaired) electrons. The zero-order chi connectivity index (χ0) is 13.7. The van der Waals surface area contributed by atoms with Crippen LogP contribution in [-0.2, 0) is 10.0 Å². The van der Waals surface area contributed by atoms with Gasteiger partial charge in [0.15, 0.2) is 5.03 Å². The summed E-state index contributed by atoms with van der Waals surface area (Å²) in [6, 6.07) is 3.14. The molecule has 1 aliphatic heterocycles. The maximum absolute atomic E-state index is 12.0. The maximum atomic E-state index is 12.0. The van der Waals surface area contributed by atoms with Gasteiger partial charge in [-0.1, -0.05) is 0 Å². The summed E-state index contributed by atoms with van der Waals surface area (Å²) in [6.07, 6.45) is 1.42. The zero-order valence-electron chi connectivity index (χ0n) is 10.6. The Balaban J connectivity index is 1.89. The van der Waals surface area contributed by atoms with Gasteiger partial charge in [0.1, 0.15) is 0 Å². The van der Waals surface area contributed by atoms with Crippen molar-refractivity contribution in [3.63, 3.8) is 0 Å². The summed E-state index contributed by atoms with van der Waals surface area (Å²) in [5.41, 5.74) is 5.80. The highest BCUT2D eigenvalue weighted by Crippen LogP contribution is 2.13. The Hall–Kier alpha value is -0.830. The Kier molecular flexibility index (Phi) is 5.03. The lowest BCUT2D eigenvalue weighted by Gasteiger charge is -2.25. The highest BCUT2D eigenvalue weighted by molar-refractivity contribution is 7.99. The molecule has 2 heterocycles. The molecule has 0 saturated carbocycles. The minimum absolute atomic E-state index is 0.0933. The lowest BCUT2D eigenvalue weighted by Crippen LogP contribution is -2.39. The van der Waals surface area contributed by atoms with Crippen molar-refractivity contribution in [1.29, 1.82) is 0 Å². The maximum Gasteiger partial charge on any atom is 0.260 e. The molecule has 0 bridgehead atoms. The van der Waals surface area contributed by atoms with E-state index in [0.717, 1.165) is 24.6 Å². The Morgan fingerprint density at radius 2 is 2.16 bits per heavy atom. The molecule has 0 atom stereocenters. The van der Waals surface area contributed by atoms with Gasteiger partial charge in [-0.15, -0.1) is 0 Å². The van der Waals surface area contributed by atoms with Crippen molar-refractivity contribution in [2.75, 3.05) is 43.4 Å². The molecule has 0 aliphatic carbocycles. The first-order valence-electron chi connectivity index (χ1n) is 6.10. The van der Waals surface area contributed by atoms with Gasteiger partial charge in [0, 0.05) is 43.9 Å². The number of rotatable bonds is 5. The van der Waals surface area contributed by atoms with Crippen molar-refractivity contribution >= 4 is 27.5 Å². The van der Waals surface area contributed by atoms with Gasteiger partial charge in [-0.3, -0.25) is 0 Å². The van der Waals surface area contributed by atoms with Crippen molar-refractivity contribution in [1.82, 2.24) is 14.6 Å². The molecule has 106 valence electrons. The van der Waals surface area contributed by atoms with Gasteiger partial charge in [-0.05, 0) is 12.1 Å². The normalized spacial score (nSPS) is 17.5. The van der Waals surface area contributed by atoms with Crippen LogP contribution < -0.4 is 10.5 Å². The highest BCUT2D eigenvalue weighted by Gasteiger charge is 2.19. The van der Waals surface area contributed by atoms with E-state index in [2.05, 4.69) is 14.6 Å². The van der Waals surface area contributed by atoms with Crippen LogP contribution in [0.5, 0.6) is 0 Å². The number of anilines is 1. The predicted octanol–water partition coefficient (Wildman–Crippen LogP) is -0.00910. The molecule has 1 aromatic rings. The molecule has 3 N–H and O–H groups in total. The second kappa shape index (κ2) is 6.56. The molecule has 0 unspecified atom stereocenters. The smallest absolute Gasteiger partial charge is 0.260 e. The number of nitrogens with zero attached hydrogens (tertiary/aromatic N) is 2. The Bertz CT molecular complexity index is 515. The molecule has 19 heavy (non-hydrogen) atoms. The molecule has 1 fully saturated rings. The predicted molar refractivity (Wildman–Crippen MR) is 77.6 cm³/mol. The summed E-state index contributed by atoms with van der Waals surface area (Å²) >= 11 is 1.93. The first-order valence-corrected chi connectivity index (χ1v) is 8.73. The van der Waals surface area contributed by atoms with E-state index in [-0.39, 0.29) is 10.7 Å². The number of thioether (sulfide) groups is 1. The first-order chi connectivity index (χ1) is 9.09. The molecule has 0 aromatic carbocycles. The summed E-state index contributed by atoms with van der Waals surface area (Å²) in [5, 5.41) is -0.0933. The largest absolute Gasteiger partial charge is 0.396 e. The monoisotopic (exact) mass is 302 g/mol. The molecule has 8 heteroatoms. The number of hydrogen-bond donors (Lipinski definition) is 2. The zero-order valence-corrected chi connectivity index (χ0v) is 12.2. The quantitative estimate of drug-likeness (QED) is 0.795. The summed E-state index contributed by atoms with van der Waals surface area (Å²) in [4.78, 5) is 6.07. The van der Waals surface area contributed by atoms with Gasteiger partial charge in [0.2, 0.25) is 0 Å². The fourth-order valence-corrected chi connectivity index (χ4v) is 3.91. The van der Waals surface area contributed by atoms with Gasteiger partial charge < -0.3 is 10.6 Å². The third-order valence-corrected chi connectivity index (χ3v) is 5.26. The Morgan fingerprint density at radius 1 is 1.42 bits per heavy atom. The third kappa shape index (κ3) is 4.07.